The highest BCUT2D eigenvalue weighted by atomic mass is 32.2. The molecule has 1 aliphatic carbocycles. The SMILES string of the molecule is CC(C)CCS(=O)(=O)NCC1(C(=O)O)CCCCC1. The van der Waals surface area contributed by atoms with Gasteiger partial charge >= 0.3 is 5.97 Å². The van der Waals surface area contributed by atoms with Crippen LogP contribution in [0.15, 0.2) is 0 Å². The molecule has 0 heterocycles. The van der Waals surface area contributed by atoms with Crippen molar-refractivity contribution in [2.45, 2.75) is 52.4 Å². The molecule has 5 nitrogen and oxygen atoms in total. The summed E-state index contributed by atoms with van der Waals surface area (Å²) in [6.45, 7) is 3.97. The number of carboxylic acids is 1. The van der Waals surface area contributed by atoms with E-state index in [2.05, 4.69) is 4.72 Å². The van der Waals surface area contributed by atoms with E-state index in [4.69, 9.17) is 0 Å². The second-order valence-corrected chi connectivity index (χ2v) is 7.90. The van der Waals surface area contributed by atoms with Crippen molar-refractivity contribution >= 4 is 16.0 Å². The van der Waals surface area contributed by atoms with E-state index in [1.165, 1.54) is 0 Å². The van der Waals surface area contributed by atoms with Crippen molar-refractivity contribution in [3.8, 4) is 0 Å². The maximum Gasteiger partial charge on any atom is 0.310 e. The lowest BCUT2D eigenvalue weighted by atomic mass is 9.74. The van der Waals surface area contributed by atoms with Crippen molar-refractivity contribution in [1.82, 2.24) is 4.72 Å². The summed E-state index contributed by atoms with van der Waals surface area (Å²) in [6, 6.07) is 0. The first-order valence-corrected chi connectivity index (χ1v) is 8.63. The van der Waals surface area contributed by atoms with Gasteiger partial charge in [-0.3, -0.25) is 4.79 Å². The number of hydrogen-bond acceptors (Lipinski definition) is 3. The van der Waals surface area contributed by atoms with E-state index >= 15 is 0 Å². The van der Waals surface area contributed by atoms with Crippen molar-refractivity contribution < 1.29 is 18.3 Å². The third kappa shape index (κ3) is 5.10. The standard InChI is InChI=1S/C13H25NO4S/c1-11(2)6-9-19(17,18)14-10-13(12(15)16)7-4-3-5-8-13/h11,14H,3-10H2,1-2H3,(H,15,16). The van der Waals surface area contributed by atoms with Gasteiger partial charge in [0.2, 0.25) is 10.0 Å². The average molecular weight is 291 g/mol. The van der Waals surface area contributed by atoms with Gasteiger partial charge < -0.3 is 5.11 Å². The van der Waals surface area contributed by atoms with Gasteiger partial charge in [0.05, 0.1) is 11.2 Å². The molecule has 2 N–H and O–H groups in total. The molecule has 0 aromatic carbocycles. The number of nitrogens with one attached hydrogen (secondary N) is 1. The van der Waals surface area contributed by atoms with Crippen LogP contribution in [0.5, 0.6) is 0 Å². The molecule has 0 aliphatic heterocycles. The molecule has 0 aromatic rings. The Kier molecular flexibility index (Phi) is 5.80. The van der Waals surface area contributed by atoms with Crippen molar-refractivity contribution in [3.63, 3.8) is 0 Å². The zero-order valence-electron chi connectivity index (χ0n) is 11.8. The molecule has 0 bridgehead atoms. The molecule has 1 fully saturated rings. The van der Waals surface area contributed by atoms with Crippen molar-refractivity contribution in [2.75, 3.05) is 12.3 Å². The second-order valence-electron chi connectivity index (χ2n) is 5.97. The summed E-state index contributed by atoms with van der Waals surface area (Å²) in [5.41, 5.74) is -0.900. The molecule has 0 amide bonds. The smallest absolute Gasteiger partial charge is 0.310 e. The molecule has 112 valence electrons. The fraction of sp³-hybridized carbons (Fsp3) is 0.923. The van der Waals surface area contributed by atoms with E-state index in [1.807, 2.05) is 13.8 Å². The van der Waals surface area contributed by atoms with Gasteiger partial charge in [-0.2, -0.15) is 0 Å². The van der Waals surface area contributed by atoms with E-state index in [9.17, 15) is 18.3 Å². The molecule has 19 heavy (non-hydrogen) atoms. The van der Waals surface area contributed by atoms with Crippen LogP contribution < -0.4 is 4.72 Å². The molecule has 0 saturated heterocycles. The van der Waals surface area contributed by atoms with Crippen LogP contribution in [0, 0.1) is 11.3 Å². The Morgan fingerprint density at radius 3 is 2.32 bits per heavy atom. The van der Waals surface area contributed by atoms with Crippen LogP contribution in [0.2, 0.25) is 0 Å². The first kappa shape index (κ1) is 16.4. The molecule has 1 rings (SSSR count). The van der Waals surface area contributed by atoms with Crippen molar-refractivity contribution in [2.24, 2.45) is 11.3 Å². The lowest BCUT2D eigenvalue weighted by molar-refractivity contribution is -0.150. The summed E-state index contributed by atoms with van der Waals surface area (Å²) in [5, 5.41) is 9.37. The second kappa shape index (κ2) is 6.70. The topological polar surface area (TPSA) is 83.5 Å². The number of aliphatic carboxylic acids is 1. The van der Waals surface area contributed by atoms with Gasteiger partial charge in [-0.05, 0) is 25.2 Å². The van der Waals surface area contributed by atoms with Gasteiger partial charge in [0.1, 0.15) is 0 Å². The van der Waals surface area contributed by atoms with Gasteiger partial charge in [-0.1, -0.05) is 33.1 Å². The Bertz CT molecular complexity index is 397. The van der Waals surface area contributed by atoms with Crippen LogP contribution >= 0.6 is 0 Å². The molecule has 0 spiro atoms. The van der Waals surface area contributed by atoms with Gasteiger partial charge in [0.25, 0.3) is 0 Å². The van der Waals surface area contributed by atoms with E-state index < -0.39 is 21.4 Å². The van der Waals surface area contributed by atoms with Crippen LogP contribution in [0.25, 0.3) is 0 Å². The third-order valence-electron chi connectivity index (χ3n) is 3.86. The van der Waals surface area contributed by atoms with E-state index in [-0.39, 0.29) is 12.3 Å². The molecular formula is C13H25NO4S. The summed E-state index contributed by atoms with van der Waals surface area (Å²) < 4.78 is 26.2. The van der Waals surface area contributed by atoms with Gasteiger partial charge in [-0.15, -0.1) is 0 Å². The molecular weight excluding hydrogens is 266 g/mol. The number of hydrogen-bond donors (Lipinski definition) is 2. The largest absolute Gasteiger partial charge is 0.481 e. The fourth-order valence-electron chi connectivity index (χ4n) is 2.41. The van der Waals surface area contributed by atoms with E-state index in [1.54, 1.807) is 0 Å². The Balaban J connectivity index is 2.59. The zero-order chi connectivity index (χ0) is 14.5. The van der Waals surface area contributed by atoms with Crippen molar-refractivity contribution in [3.05, 3.63) is 0 Å². The number of rotatable bonds is 7. The summed E-state index contributed by atoms with van der Waals surface area (Å²) in [6.07, 6.45) is 4.48. The maximum absolute atomic E-state index is 11.8. The first-order chi connectivity index (χ1) is 8.77. The van der Waals surface area contributed by atoms with Gasteiger partial charge in [0.15, 0.2) is 0 Å². The van der Waals surface area contributed by atoms with Gasteiger partial charge in [-0.25, -0.2) is 13.1 Å². The van der Waals surface area contributed by atoms with Crippen molar-refractivity contribution in [1.29, 1.82) is 0 Å². The quantitative estimate of drug-likeness (QED) is 0.751. The first-order valence-electron chi connectivity index (χ1n) is 6.98. The van der Waals surface area contributed by atoms with Crippen LogP contribution in [0.1, 0.15) is 52.4 Å². The molecule has 0 atom stereocenters. The highest BCUT2D eigenvalue weighted by molar-refractivity contribution is 7.89. The minimum atomic E-state index is -3.36. The zero-order valence-corrected chi connectivity index (χ0v) is 12.6. The van der Waals surface area contributed by atoms with Crippen LogP contribution in [0.4, 0.5) is 0 Å². The molecule has 1 saturated carbocycles. The number of carbonyl (C=O) groups is 1. The number of carboxylic acid groups (broad SMARTS) is 1. The Morgan fingerprint density at radius 1 is 1.26 bits per heavy atom. The lowest BCUT2D eigenvalue weighted by Gasteiger charge is -2.33. The molecule has 1 aliphatic rings. The number of sulfonamides is 1. The lowest BCUT2D eigenvalue weighted by Crippen LogP contribution is -2.44. The Morgan fingerprint density at radius 2 is 1.84 bits per heavy atom. The minimum absolute atomic E-state index is 0.0305. The molecule has 0 unspecified atom stereocenters. The molecule has 0 aromatic heterocycles. The highest BCUT2D eigenvalue weighted by Gasteiger charge is 2.40. The monoisotopic (exact) mass is 291 g/mol. The predicted octanol–water partition coefficient (Wildman–Crippen LogP) is 1.99. The highest BCUT2D eigenvalue weighted by Crippen LogP contribution is 2.36. The van der Waals surface area contributed by atoms with Crippen LogP contribution in [-0.4, -0.2) is 31.8 Å². The summed E-state index contributed by atoms with van der Waals surface area (Å²) in [5.74, 6) is -0.487. The average Bonchev–Trinajstić information content (AvgIpc) is 2.35. The molecule has 6 heteroatoms. The fourth-order valence-corrected chi connectivity index (χ4v) is 3.83. The summed E-state index contributed by atoms with van der Waals surface area (Å²) in [7, 11) is -3.36. The summed E-state index contributed by atoms with van der Waals surface area (Å²) in [4.78, 5) is 11.4. The maximum atomic E-state index is 11.8. The van der Waals surface area contributed by atoms with Crippen LogP contribution in [0.3, 0.4) is 0 Å². The minimum Gasteiger partial charge on any atom is -0.481 e. The Labute approximate surface area is 115 Å². The Hall–Kier alpha value is -0.620. The predicted molar refractivity (Wildman–Crippen MR) is 74.4 cm³/mol. The summed E-state index contributed by atoms with van der Waals surface area (Å²) >= 11 is 0. The van der Waals surface area contributed by atoms with Gasteiger partial charge in [0, 0.05) is 6.54 Å². The van der Waals surface area contributed by atoms with Crippen LogP contribution in [-0.2, 0) is 14.8 Å². The van der Waals surface area contributed by atoms with E-state index in [0.29, 0.717) is 25.2 Å². The molecule has 0 radical (unpaired) electrons. The van der Waals surface area contributed by atoms with E-state index in [0.717, 1.165) is 19.3 Å². The third-order valence-corrected chi connectivity index (χ3v) is 5.22. The normalized spacial score (nSPS) is 19.5.